The summed E-state index contributed by atoms with van der Waals surface area (Å²) in [6.45, 7) is 0.0472. The first-order valence-corrected chi connectivity index (χ1v) is 8.12. The van der Waals surface area contributed by atoms with E-state index in [0.717, 1.165) is 16.2 Å². The van der Waals surface area contributed by atoms with E-state index in [1.807, 2.05) is 28.0 Å². The third-order valence-electron chi connectivity index (χ3n) is 3.93. The lowest BCUT2D eigenvalue weighted by atomic mass is 10.1. The van der Waals surface area contributed by atoms with E-state index in [0.29, 0.717) is 17.1 Å². The number of thiazole rings is 1. The normalized spacial score (nSPS) is 13.9. The maximum absolute atomic E-state index is 11.8. The van der Waals surface area contributed by atoms with Gasteiger partial charge in [-0.15, -0.1) is 11.3 Å². The average molecular weight is 343 g/mol. The number of amides is 1. The van der Waals surface area contributed by atoms with Gasteiger partial charge in [0.15, 0.2) is 11.6 Å². The predicted octanol–water partition coefficient (Wildman–Crippen LogP) is 2.05. The Morgan fingerprint density at radius 1 is 1.46 bits per heavy atom. The highest BCUT2D eigenvalue weighted by Gasteiger charge is 2.23. The molecule has 0 radical (unpaired) electrons. The zero-order valence-electron chi connectivity index (χ0n) is 12.7. The highest BCUT2D eigenvalue weighted by Crippen LogP contribution is 2.36. The van der Waals surface area contributed by atoms with Crippen LogP contribution in [-0.2, 0) is 16.0 Å². The number of carboxylic acid groups (broad SMARTS) is 1. The molecular formula is C16H13N3O4S. The molecule has 24 heavy (non-hydrogen) atoms. The molecule has 3 aromatic rings. The van der Waals surface area contributed by atoms with Gasteiger partial charge in [0.2, 0.25) is 0 Å². The number of aromatic nitrogens is 2. The smallest absolute Gasteiger partial charge is 0.309 e. The van der Waals surface area contributed by atoms with Gasteiger partial charge in [-0.1, -0.05) is 0 Å². The molecule has 0 bridgehead atoms. The number of carbonyl (C=O) groups is 2. The molecule has 0 saturated heterocycles. The third kappa shape index (κ3) is 2.31. The van der Waals surface area contributed by atoms with Crippen molar-refractivity contribution in [2.24, 2.45) is 0 Å². The molecule has 0 fully saturated rings. The Bertz CT molecular complexity index is 975. The van der Waals surface area contributed by atoms with Gasteiger partial charge in [-0.05, 0) is 18.2 Å². The molecule has 1 amide bonds. The van der Waals surface area contributed by atoms with Gasteiger partial charge in [0, 0.05) is 24.2 Å². The van der Waals surface area contributed by atoms with Crippen molar-refractivity contribution >= 4 is 33.9 Å². The Morgan fingerprint density at radius 2 is 2.29 bits per heavy atom. The van der Waals surface area contributed by atoms with E-state index < -0.39 is 5.97 Å². The topological polar surface area (TPSA) is 84.1 Å². The van der Waals surface area contributed by atoms with E-state index in [1.165, 1.54) is 11.3 Å². The van der Waals surface area contributed by atoms with E-state index in [1.54, 1.807) is 18.1 Å². The van der Waals surface area contributed by atoms with E-state index in [4.69, 9.17) is 9.84 Å². The first kappa shape index (κ1) is 14.7. The van der Waals surface area contributed by atoms with Crippen LogP contribution in [0.3, 0.4) is 0 Å². The molecule has 0 saturated carbocycles. The van der Waals surface area contributed by atoms with E-state index in [9.17, 15) is 9.59 Å². The van der Waals surface area contributed by atoms with Crippen molar-refractivity contribution in [3.05, 3.63) is 35.5 Å². The summed E-state index contributed by atoms with van der Waals surface area (Å²) in [5.41, 5.74) is 3.04. The number of benzene rings is 1. The third-order valence-corrected chi connectivity index (χ3v) is 4.77. The lowest BCUT2D eigenvalue weighted by molar-refractivity contribution is -0.136. The zero-order valence-corrected chi connectivity index (χ0v) is 13.5. The Balaban J connectivity index is 1.79. The van der Waals surface area contributed by atoms with Gasteiger partial charge in [0.05, 0.1) is 23.5 Å². The minimum atomic E-state index is -0.909. The van der Waals surface area contributed by atoms with Crippen LogP contribution in [-0.4, -0.2) is 40.0 Å². The van der Waals surface area contributed by atoms with Crippen LogP contribution in [0, 0.1) is 0 Å². The summed E-state index contributed by atoms with van der Waals surface area (Å²) in [5.74, 6) is -0.334. The lowest BCUT2D eigenvalue weighted by Crippen LogP contribution is -2.35. The fraction of sp³-hybridized carbons (Fsp3) is 0.188. The number of rotatable bonds is 3. The van der Waals surface area contributed by atoms with Crippen molar-refractivity contribution in [2.75, 3.05) is 18.6 Å². The second-order valence-corrected chi connectivity index (χ2v) is 6.34. The Hall–Kier alpha value is -2.87. The van der Waals surface area contributed by atoms with Crippen LogP contribution in [0.4, 0.5) is 5.69 Å². The quantitative estimate of drug-likeness (QED) is 0.787. The SMILES string of the molecule is CN1C(=O)COc2ccc(-c3csc4nc(CC(=O)O)cn34)cc21. The number of carboxylic acids is 1. The van der Waals surface area contributed by atoms with Gasteiger partial charge in [0.1, 0.15) is 5.75 Å². The fourth-order valence-electron chi connectivity index (χ4n) is 2.71. The monoisotopic (exact) mass is 343 g/mol. The van der Waals surface area contributed by atoms with E-state index in [-0.39, 0.29) is 18.9 Å². The first-order valence-electron chi connectivity index (χ1n) is 7.24. The Kier molecular flexibility index (Phi) is 3.27. The number of likely N-dealkylation sites (N-methyl/N-ethyl adjacent to an activating group) is 1. The van der Waals surface area contributed by atoms with Gasteiger partial charge in [0.25, 0.3) is 5.91 Å². The molecule has 0 spiro atoms. The molecular weight excluding hydrogens is 330 g/mol. The number of carbonyl (C=O) groups excluding carboxylic acids is 1. The standard InChI is InChI=1S/C16H13N3O4S/c1-18-11-4-9(2-3-13(11)23-7-14(18)20)12-8-24-16-17-10(5-15(21)22)6-19(12)16/h2-4,6,8H,5,7H2,1H3,(H,21,22). The fourth-order valence-corrected chi connectivity index (χ4v) is 3.61. The summed E-state index contributed by atoms with van der Waals surface area (Å²) < 4.78 is 7.31. The molecule has 1 aliphatic rings. The number of imidazole rings is 1. The van der Waals surface area contributed by atoms with Gasteiger partial charge < -0.3 is 14.7 Å². The van der Waals surface area contributed by atoms with Crippen LogP contribution in [0.25, 0.3) is 16.2 Å². The maximum atomic E-state index is 11.8. The summed E-state index contributed by atoms with van der Waals surface area (Å²) >= 11 is 1.44. The lowest BCUT2D eigenvalue weighted by Gasteiger charge is -2.26. The van der Waals surface area contributed by atoms with Crippen molar-refractivity contribution in [3.8, 4) is 17.0 Å². The summed E-state index contributed by atoms with van der Waals surface area (Å²) in [6, 6.07) is 5.65. The molecule has 4 rings (SSSR count). The molecule has 0 aliphatic carbocycles. The first-order chi connectivity index (χ1) is 11.5. The second-order valence-electron chi connectivity index (χ2n) is 5.50. The minimum Gasteiger partial charge on any atom is -0.482 e. The molecule has 122 valence electrons. The predicted molar refractivity (Wildman–Crippen MR) is 88.7 cm³/mol. The van der Waals surface area contributed by atoms with Crippen molar-refractivity contribution in [3.63, 3.8) is 0 Å². The molecule has 0 atom stereocenters. The van der Waals surface area contributed by atoms with Gasteiger partial charge in [-0.2, -0.15) is 0 Å². The number of anilines is 1. The van der Waals surface area contributed by atoms with Crippen LogP contribution < -0.4 is 9.64 Å². The highest BCUT2D eigenvalue weighted by molar-refractivity contribution is 7.15. The largest absolute Gasteiger partial charge is 0.482 e. The van der Waals surface area contributed by atoms with Gasteiger partial charge in [-0.3, -0.25) is 14.0 Å². The number of aliphatic carboxylic acids is 1. The maximum Gasteiger partial charge on any atom is 0.309 e. The van der Waals surface area contributed by atoms with Crippen LogP contribution in [0.1, 0.15) is 5.69 Å². The summed E-state index contributed by atoms with van der Waals surface area (Å²) in [7, 11) is 1.72. The second kappa shape index (κ2) is 5.34. The average Bonchev–Trinajstić information content (AvgIpc) is 3.10. The molecule has 8 heteroatoms. The number of fused-ring (bicyclic) bond motifs is 2. The van der Waals surface area contributed by atoms with E-state index in [2.05, 4.69) is 4.98 Å². The van der Waals surface area contributed by atoms with Gasteiger partial charge in [-0.25, -0.2) is 4.98 Å². The van der Waals surface area contributed by atoms with Crippen LogP contribution in [0.5, 0.6) is 5.75 Å². The van der Waals surface area contributed by atoms with Crippen molar-refractivity contribution in [2.45, 2.75) is 6.42 Å². The number of nitrogens with zero attached hydrogens (tertiary/aromatic N) is 3. The van der Waals surface area contributed by atoms with E-state index >= 15 is 0 Å². The summed E-state index contributed by atoms with van der Waals surface area (Å²) in [5, 5.41) is 10.9. The molecule has 1 aromatic carbocycles. The number of ether oxygens (including phenoxy) is 1. The number of hydrogen-bond acceptors (Lipinski definition) is 5. The zero-order chi connectivity index (χ0) is 16.8. The van der Waals surface area contributed by atoms with Crippen LogP contribution in [0.15, 0.2) is 29.8 Å². The van der Waals surface area contributed by atoms with Gasteiger partial charge >= 0.3 is 5.97 Å². The molecule has 7 nitrogen and oxygen atoms in total. The Morgan fingerprint density at radius 3 is 3.08 bits per heavy atom. The summed E-state index contributed by atoms with van der Waals surface area (Å²) in [6.07, 6.45) is 1.63. The molecule has 0 unspecified atom stereocenters. The number of hydrogen-bond donors (Lipinski definition) is 1. The molecule has 1 N–H and O–H groups in total. The molecule has 2 aromatic heterocycles. The highest BCUT2D eigenvalue weighted by atomic mass is 32.1. The summed E-state index contributed by atoms with van der Waals surface area (Å²) in [4.78, 5) is 29.3. The van der Waals surface area contributed by atoms with Crippen molar-refractivity contribution in [1.29, 1.82) is 0 Å². The molecule has 1 aliphatic heterocycles. The van der Waals surface area contributed by atoms with Crippen molar-refractivity contribution < 1.29 is 19.4 Å². The van der Waals surface area contributed by atoms with Crippen LogP contribution in [0.2, 0.25) is 0 Å². The Labute approximate surface area is 140 Å². The molecule has 3 heterocycles. The van der Waals surface area contributed by atoms with Crippen molar-refractivity contribution in [1.82, 2.24) is 9.38 Å². The van der Waals surface area contributed by atoms with Crippen LogP contribution >= 0.6 is 11.3 Å². The minimum absolute atomic E-state index is 0.0472.